The van der Waals surface area contributed by atoms with E-state index < -0.39 is 5.97 Å². The van der Waals surface area contributed by atoms with Gasteiger partial charge in [-0.25, -0.2) is 4.79 Å². The van der Waals surface area contributed by atoms with Crippen LogP contribution in [0.25, 0.3) is 6.08 Å². The number of hydrogen-bond donors (Lipinski definition) is 1. The number of halogens is 3. The van der Waals surface area contributed by atoms with Gasteiger partial charge in [0.05, 0.1) is 15.1 Å². The zero-order chi connectivity index (χ0) is 10.7. The van der Waals surface area contributed by atoms with Crippen molar-refractivity contribution in [1.29, 1.82) is 0 Å². The lowest BCUT2D eigenvalue weighted by atomic mass is 10.2. The van der Waals surface area contributed by atoms with Crippen molar-refractivity contribution in [3.05, 3.63) is 38.8 Å². The second-order valence-electron chi connectivity index (χ2n) is 2.47. The van der Waals surface area contributed by atoms with E-state index >= 15 is 0 Å². The van der Waals surface area contributed by atoms with Crippen LogP contribution in [-0.4, -0.2) is 11.1 Å². The fourth-order valence-corrected chi connectivity index (χ4v) is 1.45. The summed E-state index contributed by atoms with van der Waals surface area (Å²) in [6.07, 6.45) is 2.38. The van der Waals surface area contributed by atoms with Gasteiger partial charge in [-0.1, -0.05) is 34.8 Å². The molecule has 0 amide bonds. The minimum atomic E-state index is -1.04. The van der Waals surface area contributed by atoms with Crippen molar-refractivity contribution in [2.45, 2.75) is 0 Å². The van der Waals surface area contributed by atoms with Crippen molar-refractivity contribution in [1.82, 2.24) is 0 Å². The van der Waals surface area contributed by atoms with Crippen LogP contribution in [0.2, 0.25) is 15.1 Å². The predicted molar refractivity (Wildman–Crippen MR) is 58.1 cm³/mol. The molecule has 5 heteroatoms. The Bertz CT molecular complexity index is 376. The Kier molecular flexibility index (Phi) is 3.81. The van der Waals surface area contributed by atoms with Gasteiger partial charge in [0.25, 0.3) is 0 Å². The zero-order valence-electron chi connectivity index (χ0n) is 6.80. The van der Waals surface area contributed by atoms with E-state index in [1.54, 1.807) is 0 Å². The van der Waals surface area contributed by atoms with Crippen molar-refractivity contribution >= 4 is 46.8 Å². The number of benzene rings is 1. The molecule has 0 fully saturated rings. The van der Waals surface area contributed by atoms with Crippen LogP contribution in [-0.2, 0) is 4.79 Å². The SMILES string of the molecule is O=C(O)C=Cc1cc(Cl)c(Cl)c(Cl)c1. The van der Waals surface area contributed by atoms with Crippen LogP contribution in [0.3, 0.4) is 0 Å². The van der Waals surface area contributed by atoms with Gasteiger partial charge in [0.15, 0.2) is 0 Å². The van der Waals surface area contributed by atoms with E-state index in [0.29, 0.717) is 15.6 Å². The molecule has 0 radical (unpaired) electrons. The first-order valence-corrected chi connectivity index (χ1v) is 4.69. The standard InChI is InChI=1S/C9H5Cl3O2/c10-6-3-5(1-2-8(13)14)4-7(11)9(6)12/h1-4H,(H,13,14). The quantitative estimate of drug-likeness (QED) is 0.642. The third-order valence-electron chi connectivity index (χ3n) is 1.42. The molecule has 0 spiro atoms. The highest BCUT2D eigenvalue weighted by molar-refractivity contribution is 6.48. The van der Waals surface area contributed by atoms with E-state index in [1.807, 2.05) is 0 Å². The van der Waals surface area contributed by atoms with Gasteiger partial charge in [-0.2, -0.15) is 0 Å². The largest absolute Gasteiger partial charge is 0.478 e. The summed E-state index contributed by atoms with van der Waals surface area (Å²) in [7, 11) is 0. The molecule has 1 aromatic rings. The molecule has 0 unspecified atom stereocenters. The number of hydrogen-bond acceptors (Lipinski definition) is 1. The van der Waals surface area contributed by atoms with Crippen LogP contribution in [0, 0.1) is 0 Å². The lowest BCUT2D eigenvalue weighted by molar-refractivity contribution is -0.131. The van der Waals surface area contributed by atoms with Crippen LogP contribution in [0.15, 0.2) is 18.2 Å². The summed E-state index contributed by atoms with van der Waals surface area (Å²) < 4.78 is 0. The third kappa shape index (κ3) is 2.91. The molecule has 0 atom stereocenters. The molecule has 0 aromatic heterocycles. The van der Waals surface area contributed by atoms with Crippen LogP contribution < -0.4 is 0 Å². The summed E-state index contributed by atoms with van der Waals surface area (Å²) in [6.45, 7) is 0. The normalized spacial score (nSPS) is 10.8. The maximum Gasteiger partial charge on any atom is 0.328 e. The maximum absolute atomic E-state index is 10.2. The molecule has 1 rings (SSSR count). The molecule has 74 valence electrons. The highest BCUT2D eigenvalue weighted by atomic mass is 35.5. The molecule has 0 heterocycles. The first-order valence-electron chi connectivity index (χ1n) is 3.56. The Morgan fingerprint density at radius 2 is 1.71 bits per heavy atom. The van der Waals surface area contributed by atoms with Gasteiger partial charge in [-0.05, 0) is 23.8 Å². The molecule has 1 aromatic carbocycles. The summed E-state index contributed by atoms with van der Waals surface area (Å²) >= 11 is 17.2. The molecular formula is C9H5Cl3O2. The van der Waals surface area contributed by atoms with E-state index in [1.165, 1.54) is 18.2 Å². The van der Waals surface area contributed by atoms with E-state index in [9.17, 15) is 4.79 Å². The highest BCUT2D eigenvalue weighted by Crippen LogP contribution is 2.31. The first kappa shape index (κ1) is 11.4. The molecule has 0 saturated heterocycles. The maximum atomic E-state index is 10.2. The first-order chi connectivity index (χ1) is 6.50. The van der Waals surface area contributed by atoms with Gasteiger partial charge in [0, 0.05) is 6.08 Å². The molecule has 0 saturated carbocycles. The average molecular weight is 251 g/mol. The minimum absolute atomic E-state index is 0.265. The average Bonchev–Trinajstić information content (AvgIpc) is 2.10. The zero-order valence-corrected chi connectivity index (χ0v) is 9.07. The van der Waals surface area contributed by atoms with E-state index in [4.69, 9.17) is 39.9 Å². The van der Waals surface area contributed by atoms with Gasteiger partial charge in [-0.15, -0.1) is 0 Å². The molecule has 0 aliphatic heterocycles. The lowest BCUT2D eigenvalue weighted by Gasteiger charge is -2.00. The second-order valence-corrected chi connectivity index (χ2v) is 3.66. The van der Waals surface area contributed by atoms with Gasteiger partial charge in [-0.3, -0.25) is 0 Å². The highest BCUT2D eigenvalue weighted by Gasteiger charge is 2.04. The molecule has 14 heavy (non-hydrogen) atoms. The summed E-state index contributed by atoms with van der Waals surface area (Å²) in [5, 5.41) is 9.24. The Morgan fingerprint density at radius 3 is 2.14 bits per heavy atom. The van der Waals surface area contributed by atoms with Crippen molar-refractivity contribution in [2.24, 2.45) is 0 Å². The van der Waals surface area contributed by atoms with Crippen molar-refractivity contribution < 1.29 is 9.90 Å². The number of rotatable bonds is 2. The van der Waals surface area contributed by atoms with Crippen LogP contribution >= 0.6 is 34.8 Å². The number of aliphatic carboxylic acids is 1. The fourth-order valence-electron chi connectivity index (χ4n) is 0.839. The molecular weight excluding hydrogens is 246 g/mol. The second kappa shape index (κ2) is 4.69. The molecule has 0 bridgehead atoms. The Hall–Kier alpha value is -0.700. The number of carboxylic acids is 1. The van der Waals surface area contributed by atoms with Crippen LogP contribution in [0.5, 0.6) is 0 Å². The lowest BCUT2D eigenvalue weighted by Crippen LogP contribution is -1.85. The monoisotopic (exact) mass is 250 g/mol. The smallest absolute Gasteiger partial charge is 0.328 e. The van der Waals surface area contributed by atoms with Gasteiger partial charge < -0.3 is 5.11 Å². The van der Waals surface area contributed by atoms with E-state index in [0.717, 1.165) is 6.08 Å². The van der Waals surface area contributed by atoms with Gasteiger partial charge in [0.2, 0.25) is 0 Å². The van der Waals surface area contributed by atoms with Crippen LogP contribution in [0.1, 0.15) is 5.56 Å². The summed E-state index contributed by atoms with van der Waals surface area (Å²) in [5.74, 6) is -1.04. The molecule has 1 N–H and O–H groups in total. The van der Waals surface area contributed by atoms with Crippen molar-refractivity contribution in [2.75, 3.05) is 0 Å². The number of carbonyl (C=O) groups is 1. The summed E-state index contributed by atoms with van der Waals surface area (Å²) in [6, 6.07) is 3.07. The fraction of sp³-hybridized carbons (Fsp3) is 0. The minimum Gasteiger partial charge on any atom is -0.478 e. The molecule has 2 nitrogen and oxygen atoms in total. The Morgan fingerprint density at radius 1 is 1.21 bits per heavy atom. The Labute approximate surface area is 95.7 Å². The van der Waals surface area contributed by atoms with E-state index in [2.05, 4.69) is 0 Å². The van der Waals surface area contributed by atoms with Crippen molar-refractivity contribution in [3.63, 3.8) is 0 Å². The topological polar surface area (TPSA) is 37.3 Å². The predicted octanol–water partition coefficient (Wildman–Crippen LogP) is 3.74. The summed E-state index contributed by atoms with van der Waals surface area (Å²) in [4.78, 5) is 10.2. The number of carboxylic acid groups (broad SMARTS) is 1. The third-order valence-corrected chi connectivity index (χ3v) is 2.62. The van der Waals surface area contributed by atoms with Crippen LogP contribution in [0.4, 0.5) is 0 Å². The van der Waals surface area contributed by atoms with Crippen molar-refractivity contribution in [3.8, 4) is 0 Å². The van der Waals surface area contributed by atoms with Gasteiger partial charge in [0.1, 0.15) is 0 Å². The van der Waals surface area contributed by atoms with E-state index in [-0.39, 0.29) is 5.02 Å². The Balaban J connectivity index is 3.07. The molecule has 0 aliphatic rings. The van der Waals surface area contributed by atoms with Gasteiger partial charge >= 0.3 is 5.97 Å². The summed E-state index contributed by atoms with van der Waals surface area (Å²) in [5.41, 5.74) is 0.590. The molecule has 0 aliphatic carbocycles.